The molecule has 8 nitrogen and oxygen atoms in total. The molecular formula is C26H56N2O6P+. The summed E-state index contributed by atoms with van der Waals surface area (Å²) in [4.78, 5) is 21.0. The molecule has 3 N–H and O–H groups in total. The Balaban J connectivity index is 3.87. The Morgan fingerprint density at radius 3 is 1.66 bits per heavy atom. The topological polar surface area (TPSA) is 108 Å². The first-order valence-electron chi connectivity index (χ1n) is 13.9. The minimum Gasteiger partial charge on any atom is -0.447 e. The zero-order valence-corrected chi connectivity index (χ0v) is 24.1. The van der Waals surface area contributed by atoms with Crippen molar-refractivity contribution in [3.8, 4) is 0 Å². The minimum atomic E-state index is -4.23. The third kappa shape index (κ3) is 26.2. The number of nitrogens with zero attached hydrogens (tertiary/aromatic N) is 1. The summed E-state index contributed by atoms with van der Waals surface area (Å²) in [6.07, 6.45) is 19.3. The summed E-state index contributed by atoms with van der Waals surface area (Å²) in [5.74, 6) is 0. The normalized spacial score (nSPS) is 14.5. The molecule has 0 aliphatic carbocycles. The molecule has 0 aromatic carbocycles. The van der Waals surface area contributed by atoms with Crippen molar-refractivity contribution in [1.29, 1.82) is 0 Å². The van der Waals surface area contributed by atoms with Gasteiger partial charge in [0, 0.05) is 0 Å². The molecule has 0 radical (unpaired) electrons. The van der Waals surface area contributed by atoms with E-state index in [4.69, 9.17) is 19.5 Å². The van der Waals surface area contributed by atoms with E-state index < -0.39 is 20.0 Å². The van der Waals surface area contributed by atoms with Crippen LogP contribution in [0.4, 0.5) is 4.79 Å². The zero-order chi connectivity index (χ0) is 26.4. The second-order valence-corrected chi connectivity index (χ2v) is 12.2. The van der Waals surface area contributed by atoms with Crippen LogP contribution in [-0.4, -0.2) is 62.5 Å². The molecule has 0 bridgehead atoms. The number of rotatable bonds is 25. The number of hydrogen-bond donors (Lipinski definition) is 2. The first kappa shape index (κ1) is 34.3. The molecule has 0 aromatic rings. The minimum absolute atomic E-state index is 0.0969. The van der Waals surface area contributed by atoms with Crippen LogP contribution in [0.1, 0.15) is 116 Å². The van der Waals surface area contributed by atoms with Gasteiger partial charge in [0.2, 0.25) is 0 Å². The molecule has 0 aliphatic rings. The maximum Gasteiger partial charge on any atom is 0.472 e. The highest BCUT2D eigenvalue weighted by atomic mass is 31.2. The summed E-state index contributed by atoms with van der Waals surface area (Å²) in [6.45, 7) is 2.77. The molecule has 9 heteroatoms. The largest absolute Gasteiger partial charge is 0.472 e. The Morgan fingerprint density at radius 1 is 0.829 bits per heavy atom. The van der Waals surface area contributed by atoms with Gasteiger partial charge in [0.15, 0.2) is 0 Å². The van der Waals surface area contributed by atoms with Crippen molar-refractivity contribution in [2.45, 2.75) is 122 Å². The predicted molar refractivity (Wildman–Crippen MR) is 143 cm³/mol. The molecule has 0 aromatic heterocycles. The van der Waals surface area contributed by atoms with E-state index in [1.54, 1.807) is 0 Å². The van der Waals surface area contributed by atoms with Crippen LogP contribution < -0.4 is 5.73 Å². The Labute approximate surface area is 215 Å². The summed E-state index contributed by atoms with van der Waals surface area (Å²) < 4.78 is 28.0. The Morgan fingerprint density at radius 2 is 1.26 bits per heavy atom. The maximum atomic E-state index is 12.3. The fraction of sp³-hybridized carbons (Fsp3) is 0.962. The molecule has 0 heterocycles. The lowest BCUT2D eigenvalue weighted by molar-refractivity contribution is -0.870. The van der Waals surface area contributed by atoms with Gasteiger partial charge in [0.05, 0.1) is 21.1 Å². The summed E-state index contributed by atoms with van der Waals surface area (Å²) >= 11 is 0. The van der Waals surface area contributed by atoms with Crippen LogP contribution in [0.25, 0.3) is 0 Å². The quantitative estimate of drug-likeness (QED) is 0.0762. The number of ether oxygens (including phenoxy) is 1. The molecule has 0 rings (SSSR count). The summed E-state index contributed by atoms with van der Waals surface area (Å²) in [5, 5.41) is 0. The van der Waals surface area contributed by atoms with Gasteiger partial charge in [0.1, 0.15) is 25.9 Å². The molecule has 1 amide bonds. The van der Waals surface area contributed by atoms with Gasteiger partial charge in [-0.3, -0.25) is 9.05 Å². The van der Waals surface area contributed by atoms with Crippen molar-refractivity contribution in [3.05, 3.63) is 0 Å². The number of primary amides is 1. The molecule has 2 unspecified atom stereocenters. The molecule has 35 heavy (non-hydrogen) atoms. The number of amides is 1. The van der Waals surface area contributed by atoms with Gasteiger partial charge in [-0.15, -0.1) is 0 Å². The van der Waals surface area contributed by atoms with Crippen molar-refractivity contribution >= 4 is 13.9 Å². The van der Waals surface area contributed by atoms with E-state index in [0.29, 0.717) is 17.4 Å². The molecule has 0 aliphatic heterocycles. The average Bonchev–Trinajstić information content (AvgIpc) is 2.75. The Hall–Kier alpha value is -0.660. The number of unbranched alkanes of at least 4 members (excludes halogenated alkanes) is 15. The number of likely N-dealkylation sites (N-methyl/N-ethyl adjacent to an activating group) is 1. The molecule has 210 valence electrons. The molecule has 0 spiro atoms. The van der Waals surface area contributed by atoms with E-state index in [-0.39, 0.29) is 13.2 Å². The van der Waals surface area contributed by atoms with Gasteiger partial charge in [-0.25, -0.2) is 9.36 Å². The second kappa shape index (κ2) is 21.4. The highest BCUT2D eigenvalue weighted by molar-refractivity contribution is 7.47. The number of quaternary nitrogens is 1. The monoisotopic (exact) mass is 523 g/mol. The zero-order valence-electron chi connectivity index (χ0n) is 23.2. The molecule has 0 fully saturated rings. The maximum absolute atomic E-state index is 12.3. The van der Waals surface area contributed by atoms with E-state index in [0.717, 1.165) is 19.3 Å². The van der Waals surface area contributed by atoms with Crippen LogP contribution in [0, 0.1) is 0 Å². The van der Waals surface area contributed by atoms with Gasteiger partial charge < -0.3 is 19.8 Å². The fourth-order valence-corrected chi connectivity index (χ4v) is 4.83. The fourth-order valence-electron chi connectivity index (χ4n) is 3.91. The van der Waals surface area contributed by atoms with Gasteiger partial charge >= 0.3 is 13.9 Å². The number of phosphoric acid groups is 1. The van der Waals surface area contributed by atoms with Crippen molar-refractivity contribution in [2.24, 2.45) is 5.73 Å². The van der Waals surface area contributed by atoms with E-state index in [1.807, 2.05) is 21.1 Å². The van der Waals surface area contributed by atoms with E-state index in [9.17, 15) is 14.3 Å². The average molecular weight is 524 g/mol. The summed E-state index contributed by atoms with van der Waals surface area (Å²) in [5.41, 5.74) is 5.04. The molecular weight excluding hydrogens is 467 g/mol. The third-order valence-corrected chi connectivity index (χ3v) is 7.16. The van der Waals surface area contributed by atoms with Gasteiger partial charge in [0.25, 0.3) is 0 Å². The van der Waals surface area contributed by atoms with Crippen LogP contribution in [0.3, 0.4) is 0 Å². The van der Waals surface area contributed by atoms with Crippen LogP contribution in [0.5, 0.6) is 0 Å². The van der Waals surface area contributed by atoms with E-state index >= 15 is 0 Å². The van der Waals surface area contributed by atoms with Crippen LogP contribution in [0.15, 0.2) is 0 Å². The lowest BCUT2D eigenvalue weighted by atomic mass is 10.0. The Kier molecular flexibility index (Phi) is 21.0. The SMILES string of the molecule is CCCCCCCCCCCCCCCCCCC(COC(N)=O)OP(=O)(O)OCC[N+](C)(C)C. The van der Waals surface area contributed by atoms with Crippen molar-refractivity contribution < 1.29 is 32.5 Å². The van der Waals surface area contributed by atoms with E-state index in [1.165, 1.54) is 83.5 Å². The Bertz CT molecular complexity index is 556. The number of carbonyl (C=O) groups excluding carboxylic acids is 1. The van der Waals surface area contributed by atoms with Crippen molar-refractivity contribution in [2.75, 3.05) is 40.9 Å². The lowest BCUT2D eigenvalue weighted by Crippen LogP contribution is -2.37. The number of nitrogens with two attached hydrogens (primary N) is 1. The molecule has 2 atom stereocenters. The first-order valence-corrected chi connectivity index (χ1v) is 15.4. The highest BCUT2D eigenvalue weighted by Crippen LogP contribution is 2.45. The van der Waals surface area contributed by atoms with Crippen LogP contribution in [-0.2, 0) is 18.3 Å². The number of hydrogen-bond acceptors (Lipinski definition) is 5. The molecule has 0 saturated heterocycles. The molecule has 0 saturated carbocycles. The van der Waals surface area contributed by atoms with Crippen LogP contribution >= 0.6 is 7.82 Å². The predicted octanol–water partition coefficient (Wildman–Crippen LogP) is 6.94. The standard InChI is InChI=1S/C26H55N2O6P/c1-5-6-7-8-9-10-11-12-13-14-15-16-17-18-19-20-21-25(24-32-26(27)29)34-35(30,31)33-23-22-28(2,3)4/h25H,5-24H2,1-4H3,(H2-,27,29,30,31)/p+1. The summed E-state index contributed by atoms with van der Waals surface area (Å²) in [7, 11) is 1.67. The van der Waals surface area contributed by atoms with Crippen molar-refractivity contribution in [1.82, 2.24) is 0 Å². The van der Waals surface area contributed by atoms with Crippen molar-refractivity contribution in [3.63, 3.8) is 0 Å². The second-order valence-electron chi connectivity index (χ2n) is 10.8. The summed E-state index contributed by atoms with van der Waals surface area (Å²) in [6, 6.07) is 0. The van der Waals surface area contributed by atoms with Crippen LogP contribution in [0.2, 0.25) is 0 Å². The lowest BCUT2D eigenvalue weighted by Gasteiger charge is -2.25. The van der Waals surface area contributed by atoms with Gasteiger partial charge in [-0.2, -0.15) is 0 Å². The third-order valence-electron chi connectivity index (χ3n) is 6.09. The first-order chi connectivity index (χ1) is 16.6. The number of phosphoric ester groups is 1. The van der Waals surface area contributed by atoms with Gasteiger partial charge in [-0.1, -0.05) is 110 Å². The van der Waals surface area contributed by atoms with E-state index in [2.05, 4.69) is 6.92 Å². The highest BCUT2D eigenvalue weighted by Gasteiger charge is 2.28. The van der Waals surface area contributed by atoms with Gasteiger partial charge in [-0.05, 0) is 6.42 Å². The smallest absolute Gasteiger partial charge is 0.447 e. The number of carbonyl (C=O) groups is 1.